The van der Waals surface area contributed by atoms with Crippen LogP contribution in [-0.4, -0.2) is 0 Å². The molecule has 2 nitrogen and oxygen atoms in total. The van der Waals surface area contributed by atoms with Crippen LogP contribution in [-0.2, 0) is 11.0 Å². The van der Waals surface area contributed by atoms with Crippen LogP contribution in [0.4, 0.5) is 11.4 Å². The van der Waals surface area contributed by atoms with Gasteiger partial charge in [-0.25, -0.2) is 0 Å². The van der Waals surface area contributed by atoms with E-state index in [1.807, 2.05) is 60.7 Å². The van der Waals surface area contributed by atoms with E-state index in [2.05, 4.69) is 127 Å². The van der Waals surface area contributed by atoms with E-state index in [-0.39, 0.29) is 0 Å². The zero-order valence-corrected chi connectivity index (χ0v) is 29.9. The largest absolute Gasteiger partial charge is 0.309 e. The van der Waals surface area contributed by atoms with Crippen molar-refractivity contribution >= 4 is 61.7 Å². The number of allylic oxidation sites excluding steroid dienone is 1. The molecule has 3 heteroatoms. The normalized spacial score (nSPS) is 13.4. The molecule has 0 saturated carbocycles. The zero-order chi connectivity index (χ0) is 34.8. The van der Waals surface area contributed by atoms with Gasteiger partial charge in [0, 0.05) is 38.3 Å². The standard InChI is InChI=1S/C49H36NOP/c1-2-33-31-34-17-9-15-27-45(34)50-46-28-16-14-24-41(46)40-30-29-35(32-44(40)48(33)50)47-42-25-12-10-22-38(42)39-23-11-13-26-43(39)49(47)52(51,36-18-5-3-6-19-36)37-20-7-4-8-21-37/h3-30,32H,2,31H2,1H3. The Bertz CT molecular complexity index is 2740. The molecule has 0 spiro atoms. The summed E-state index contributed by atoms with van der Waals surface area (Å²) in [5, 5.41) is 6.97. The van der Waals surface area contributed by atoms with Crippen molar-refractivity contribution in [1.29, 1.82) is 0 Å². The summed E-state index contributed by atoms with van der Waals surface area (Å²) >= 11 is 0. The fourth-order valence-corrected chi connectivity index (χ4v) is 11.9. The lowest BCUT2D eigenvalue weighted by Gasteiger charge is -2.41. The Morgan fingerprint density at radius 3 is 1.77 bits per heavy atom. The maximum absolute atomic E-state index is 16.6. The number of nitrogens with zero attached hydrogens (tertiary/aromatic N) is 1. The summed E-state index contributed by atoms with van der Waals surface area (Å²) in [7, 11) is -3.42. The van der Waals surface area contributed by atoms with Crippen molar-refractivity contribution in [2.45, 2.75) is 19.8 Å². The molecule has 0 aliphatic carbocycles. The van der Waals surface area contributed by atoms with Crippen molar-refractivity contribution < 1.29 is 4.57 Å². The molecular formula is C49H36NOP. The van der Waals surface area contributed by atoms with E-state index < -0.39 is 7.14 Å². The number of benzene rings is 8. The predicted molar refractivity (Wildman–Crippen MR) is 221 cm³/mol. The summed E-state index contributed by atoms with van der Waals surface area (Å²) < 4.78 is 16.6. The van der Waals surface area contributed by atoms with Crippen LogP contribution in [0.1, 0.15) is 24.5 Å². The highest BCUT2D eigenvalue weighted by atomic mass is 31.2. The lowest BCUT2D eigenvalue weighted by molar-refractivity contribution is 0.592. The van der Waals surface area contributed by atoms with Crippen LogP contribution in [0, 0.1) is 0 Å². The van der Waals surface area contributed by atoms with Crippen LogP contribution in [0.25, 0.3) is 49.5 Å². The summed E-state index contributed by atoms with van der Waals surface area (Å²) in [6, 6.07) is 62.1. The molecule has 0 fully saturated rings. The summed E-state index contributed by atoms with van der Waals surface area (Å²) in [6.07, 6.45) is 1.87. The second-order valence-electron chi connectivity index (χ2n) is 13.8. The summed E-state index contributed by atoms with van der Waals surface area (Å²) in [6.45, 7) is 2.28. The third kappa shape index (κ3) is 4.48. The van der Waals surface area contributed by atoms with Crippen LogP contribution in [0.2, 0.25) is 0 Å². The Morgan fingerprint density at radius 2 is 1.08 bits per heavy atom. The van der Waals surface area contributed by atoms with Gasteiger partial charge in [-0.3, -0.25) is 0 Å². The molecular weight excluding hydrogens is 650 g/mol. The SMILES string of the molecule is CCC1=C2c3cc(-c4c(P(=O)(c5ccccc5)c5ccccc5)c5ccccc5c5ccccc45)ccc3-c3ccccc3N2c2ccccc2C1. The lowest BCUT2D eigenvalue weighted by Crippen LogP contribution is -2.28. The van der Waals surface area contributed by atoms with Gasteiger partial charge in [-0.15, -0.1) is 0 Å². The first-order valence-electron chi connectivity index (χ1n) is 18.2. The molecule has 2 aliphatic rings. The number of fused-ring (bicyclic) bond motifs is 11. The first-order valence-corrected chi connectivity index (χ1v) is 19.9. The summed E-state index contributed by atoms with van der Waals surface area (Å²) in [5.74, 6) is 0. The number of para-hydroxylation sites is 2. The van der Waals surface area contributed by atoms with Gasteiger partial charge in [-0.2, -0.15) is 0 Å². The Morgan fingerprint density at radius 1 is 0.519 bits per heavy atom. The van der Waals surface area contributed by atoms with E-state index >= 15 is 4.57 Å². The first-order chi connectivity index (χ1) is 25.7. The van der Waals surface area contributed by atoms with Gasteiger partial charge in [0.25, 0.3) is 0 Å². The average molecular weight is 686 g/mol. The van der Waals surface area contributed by atoms with Crippen LogP contribution in [0.5, 0.6) is 0 Å². The minimum absolute atomic E-state index is 0.834. The van der Waals surface area contributed by atoms with Gasteiger partial charge < -0.3 is 9.46 Å². The minimum Gasteiger partial charge on any atom is -0.309 e. The third-order valence-electron chi connectivity index (χ3n) is 11.1. The van der Waals surface area contributed by atoms with Crippen LogP contribution in [0.3, 0.4) is 0 Å². The van der Waals surface area contributed by atoms with Crippen LogP contribution >= 0.6 is 7.14 Å². The number of hydrogen-bond acceptors (Lipinski definition) is 2. The first kappa shape index (κ1) is 30.8. The predicted octanol–water partition coefficient (Wildman–Crippen LogP) is 11.8. The van der Waals surface area contributed by atoms with Crippen molar-refractivity contribution in [3.8, 4) is 22.3 Å². The molecule has 0 bridgehead atoms. The number of rotatable bonds is 5. The van der Waals surface area contributed by atoms with Gasteiger partial charge in [0.2, 0.25) is 0 Å². The zero-order valence-electron chi connectivity index (χ0n) is 29.0. The third-order valence-corrected chi connectivity index (χ3v) is 14.2. The highest BCUT2D eigenvalue weighted by molar-refractivity contribution is 7.86. The van der Waals surface area contributed by atoms with Gasteiger partial charge in [0.05, 0.1) is 11.4 Å². The highest BCUT2D eigenvalue weighted by Gasteiger charge is 2.37. The molecule has 0 unspecified atom stereocenters. The van der Waals surface area contributed by atoms with E-state index in [1.165, 1.54) is 44.9 Å². The van der Waals surface area contributed by atoms with Crippen molar-refractivity contribution in [2.75, 3.05) is 4.90 Å². The molecule has 0 amide bonds. The van der Waals surface area contributed by atoms with E-state index in [1.54, 1.807) is 0 Å². The van der Waals surface area contributed by atoms with E-state index in [4.69, 9.17) is 0 Å². The molecule has 2 heterocycles. The molecule has 0 saturated heterocycles. The quantitative estimate of drug-likeness (QED) is 0.133. The Balaban J connectivity index is 1.35. The molecule has 0 aromatic heterocycles. The maximum Gasteiger partial charge on any atom is 0.172 e. The Hall–Kier alpha value is -5.95. The monoisotopic (exact) mass is 685 g/mol. The van der Waals surface area contributed by atoms with Crippen molar-refractivity contribution in [3.05, 3.63) is 193 Å². The van der Waals surface area contributed by atoms with E-state index in [9.17, 15) is 0 Å². The van der Waals surface area contributed by atoms with Crippen LogP contribution < -0.4 is 20.8 Å². The maximum atomic E-state index is 16.6. The summed E-state index contributed by atoms with van der Waals surface area (Å²) in [5.41, 5.74) is 12.3. The smallest absolute Gasteiger partial charge is 0.172 e. The van der Waals surface area contributed by atoms with Gasteiger partial charge in [0.15, 0.2) is 7.14 Å². The van der Waals surface area contributed by atoms with Gasteiger partial charge in [0.1, 0.15) is 0 Å². The average Bonchev–Trinajstić information content (AvgIpc) is 3.22. The molecule has 8 aromatic rings. The fraction of sp³-hybridized carbons (Fsp3) is 0.0612. The second-order valence-corrected chi connectivity index (χ2v) is 16.5. The van der Waals surface area contributed by atoms with Crippen LogP contribution in [0.15, 0.2) is 181 Å². The molecule has 0 N–H and O–H groups in total. The van der Waals surface area contributed by atoms with Crippen molar-refractivity contribution in [2.24, 2.45) is 0 Å². The van der Waals surface area contributed by atoms with Crippen molar-refractivity contribution in [3.63, 3.8) is 0 Å². The van der Waals surface area contributed by atoms with E-state index in [0.29, 0.717) is 0 Å². The summed E-state index contributed by atoms with van der Waals surface area (Å²) in [4.78, 5) is 2.50. The van der Waals surface area contributed by atoms with Gasteiger partial charge in [-0.1, -0.05) is 165 Å². The molecule has 8 aromatic carbocycles. The molecule has 10 rings (SSSR count). The molecule has 248 valence electrons. The van der Waals surface area contributed by atoms with Gasteiger partial charge >= 0.3 is 0 Å². The van der Waals surface area contributed by atoms with Crippen molar-refractivity contribution in [1.82, 2.24) is 0 Å². The molecule has 52 heavy (non-hydrogen) atoms. The number of hydrogen-bond donors (Lipinski definition) is 0. The minimum atomic E-state index is -3.42. The second kappa shape index (κ2) is 12.1. The van der Waals surface area contributed by atoms with Gasteiger partial charge in [-0.05, 0) is 74.8 Å². The molecule has 2 aliphatic heterocycles. The Kier molecular flexibility index (Phi) is 7.17. The topological polar surface area (TPSA) is 20.3 Å². The van der Waals surface area contributed by atoms with E-state index in [0.717, 1.165) is 61.4 Å². The molecule has 0 radical (unpaired) electrons. The highest BCUT2D eigenvalue weighted by Crippen LogP contribution is 2.55. The fourth-order valence-electron chi connectivity index (χ4n) is 8.78. The number of anilines is 2. The molecule has 0 atom stereocenters. The lowest BCUT2D eigenvalue weighted by atomic mass is 9.82. The Labute approximate surface area is 304 Å².